The van der Waals surface area contributed by atoms with Gasteiger partial charge in [0.25, 0.3) is 0 Å². The van der Waals surface area contributed by atoms with E-state index >= 15 is 0 Å². The maximum Gasteiger partial charge on any atom is 0.306 e. The lowest BCUT2D eigenvalue weighted by molar-refractivity contribution is -0.889. The molecule has 0 aromatic carbocycles. The zero-order valence-electron chi connectivity index (χ0n) is 35.5. The van der Waals surface area contributed by atoms with Crippen LogP contribution in [0.1, 0.15) is 123 Å². The summed E-state index contributed by atoms with van der Waals surface area (Å²) in [5.41, 5.74) is 0. The number of allylic oxidation sites excluding steroid dienone is 18. The van der Waals surface area contributed by atoms with Crippen LogP contribution in [0.5, 0.6) is 0 Å². The summed E-state index contributed by atoms with van der Waals surface area (Å²) in [5, 5.41) is 11.6. The minimum absolute atomic E-state index is 0.000930. The first kappa shape index (κ1) is 52.0. The van der Waals surface area contributed by atoms with Gasteiger partial charge in [0, 0.05) is 19.3 Å². The van der Waals surface area contributed by atoms with Gasteiger partial charge < -0.3 is 28.6 Å². The summed E-state index contributed by atoms with van der Waals surface area (Å²) in [6, 6.07) is -0.746. The Morgan fingerprint density at radius 2 is 0.946 bits per heavy atom. The first-order valence-electron chi connectivity index (χ1n) is 20.9. The molecule has 0 aliphatic heterocycles. The predicted molar refractivity (Wildman–Crippen MR) is 231 cm³/mol. The smallest absolute Gasteiger partial charge is 0.306 e. The fraction of sp³-hybridized carbons (Fsp3) is 0.562. The van der Waals surface area contributed by atoms with Gasteiger partial charge in [-0.25, -0.2) is 0 Å². The minimum Gasteiger partial charge on any atom is -0.544 e. The third-order valence-corrected chi connectivity index (χ3v) is 8.40. The van der Waals surface area contributed by atoms with Crippen LogP contribution in [0.25, 0.3) is 0 Å². The Balaban J connectivity index is 4.47. The van der Waals surface area contributed by atoms with Crippen molar-refractivity contribution in [2.24, 2.45) is 0 Å². The van der Waals surface area contributed by atoms with Gasteiger partial charge in [0.1, 0.15) is 12.6 Å². The number of carbonyl (C=O) groups is 3. The lowest BCUT2D eigenvalue weighted by atomic mass is 10.1. The van der Waals surface area contributed by atoms with E-state index in [9.17, 15) is 19.5 Å². The van der Waals surface area contributed by atoms with E-state index in [0.717, 1.165) is 77.0 Å². The topological polar surface area (TPSA) is 102 Å². The standard InChI is InChI=1S/C48H75NO7/c1-6-8-10-12-14-16-17-18-19-20-21-22-23-24-25-26-27-28-29-31-33-35-37-39-47(51)56-44(42-54-41-40-45(48(52)53)49(3,4)5)43-55-46(50)38-36-34-32-30-15-13-11-9-7-2/h8-11,14-16,18-19,21-22,24-25,27-28,30-31,33,44-45H,6-7,12-13,17,20,23,26,29,32,34-43H2,1-5H3/b10-8+,11-9+,16-14+,19-18+,22-21+,25-24+,28-27+,30-15+,33-31+. The summed E-state index contributed by atoms with van der Waals surface area (Å²) in [5.74, 6) is -1.88. The van der Waals surface area contributed by atoms with E-state index in [1.54, 1.807) is 21.1 Å². The number of quaternary nitrogens is 1. The van der Waals surface area contributed by atoms with Gasteiger partial charge in [-0.05, 0) is 89.9 Å². The Kier molecular flexibility index (Phi) is 35.2. The Labute approximate surface area is 340 Å². The predicted octanol–water partition coefficient (Wildman–Crippen LogP) is 9.96. The molecule has 56 heavy (non-hydrogen) atoms. The Bertz CT molecular complexity index is 1280. The van der Waals surface area contributed by atoms with Crippen molar-refractivity contribution in [1.82, 2.24) is 0 Å². The van der Waals surface area contributed by atoms with Gasteiger partial charge in [0.15, 0.2) is 6.10 Å². The molecule has 8 nitrogen and oxygen atoms in total. The van der Waals surface area contributed by atoms with E-state index in [-0.39, 0.29) is 55.5 Å². The Hall–Kier alpha value is -4.01. The SMILES string of the molecule is CC/C=C/C/C=C/C/C=C/C/C=C/C/C=C/C/C=C/C/C=C/CCCC(=O)OC(COCCC(C(=O)[O-])[N+](C)(C)C)COC(=O)CCCC/C=C/C/C=C/CC. The zero-order chi connectivity index (χ0) is 41.4. The van der Waals surface area contributed by atoms with Crippen LogP contribution in [0.3, 0.4) is 0 Å². The van der Waals surface area contributed by atoms with Crippen molar-refractivity contribution < 1.29 is 38.2 Å². The monoisotopic (exact) mass is 778 g/mol. The average Bonchev–Trinajstić information content (AvgIpc) is 3.15. The lowest BCUT2D eigenvalue weighted by Crippen LogP contribution is -2.55. The molecule has 0 fully saturated rings. The Morgan fingerprint density at radius 1 is 0.536 bits per heavy atom. The van der Waals surface area contributed by atoms with E-state index < -0.39 is 18.1 Å². The van der Waals surface area contributed by atoms with Crippen LogP contribution in [0.15, 0.2) is 109 Å². The van der Waals surface area contributed by atoms with E-state index in [4.69, 9.17) is 14.2 Å². The number of likely N-dealkylation sites (N-methyl/N-ethyl adjacent to an activating group) is 1. The molecule has 0 heterocycles. The largest absolute Gasteiger partial charge is 0.544 e. The molecule has 0 saturated heterocycles. The fourth-order valence-electron chi connectivity index (χ4n) is 5.21. The molecule has 0 amide bonds. The average molecular weight is 778 g/mol. The van der Waals surface area contributed by atoms with Gasteiger partial charge in [0.2, 0.25) is 0 Å². The molecule has 2 atom stereocenters. The third-order valence-electron chi connectivity index (χ3n) is 8.40. The molecule has 0 spiro atoms. The highest BCUT2D eigenvalue weighted by Gasteiger charge is 2.25. The normalized spacial score (nSPS) is 14.1. The summed E-state index contributed by atoms with van der Waals surface area (Å²) < 4.78 is 17.0. The van der Waals surface area contributed by atoms with Crippen LogP contribution in [0.2, 0.25) is 0 Å². The first-order chi connectivity index (χ1) is 27.1. The maximum absolute atomic E-state index is 12.7. The van der Waals surface area contributed by atoms with Gasteiger partial charge in [-0.3, -0.25) is 9.59 Å². The van der Waals surface area contributed by atoms with E-state index in [1.807, 2.05) is 0 Å². The number of ether oxygens (including phenoxy) is 3. The van der Waals surface area contributed by atoms with Gasteiger partial charge >= 0.3 is 11.9 Å². The quantitative estimate of drug-likeness (QED) is 0.0273. The second kappa shape index (κ2) is 37.9. The van der Waals surface area contributed by atoms with Gasteiger partial charge in [-0.15, -0.1) is 0 Å². The number of unbranched alkanes of at least 4 members (excludes halogenated alkanes) is 3. The van der Waals surface area contributed by atoms with Crippen molar-refractivity contribution in [3.05, 3.63) is 109 Å². The Morgan fingerprint density at radius 3 is 1.38 bits per heavy atom. The second-order valence-electron chi connectivity index (χ2n) is 14.5. The number of nitrogens with zero attached hydrogens (tertiary/aromatic N) is 1. The molecule has 0 rings (SSSR count). The zero-order valence-corrected chi connectivity index (χ0v) is 35.5. The molecule has 0 N–H and O–H groups in total. The van der Waals surface area contributed by atoms with Crippen molar-refractivity contribution in [2.45, 2.75) is 135 Å². The van der Waals surface area contributed by atoms with Crippen LogP contribution in [-0.2, 0) is 28.6 Å². The van der Waals surface area contributed by atoms with E-state index in [0.29, 0.717) is 12.8 Å². The van der Waals surface area contributed by atoms with Crippen LogP contribution in [0.4, 0.5) is 0 Å². The highest BCUT2D eigenvalue weighted by molar-refractivity contribution is 5.70. The van der Waals surface area contributed by atoms with Gasteiger partial charge in [-0.2, -0.15) is 0 Å². The minimum atomic E-state index is -1.15. The first-order valence-corrected chi connectivity index (χ1v) is 20.9. The number of esters is 2. The maximum atomic E-state index is 12.7. The summed E-state index contributed by atoms with van der Waals surface area (Å²) >= 11 is 0. The molecule has 0 aliphatic rings. The van der Waals surface area contributed by atoms with E-state index in [1.165, 1.54) is 0 Å². The lowest BCUT2D eigenvalue weighted by Gasteiger charge is -2.34. The summed E-state index contributed by atoms with van der Waals surface area (Å²) in [6.45, 7) is 4.28. The van der Waals surface area contributed by atoms with Gasteiger partial charge in [-0.1, -0.05) is 123 Å². The molecule has 0 bridgehead atoms. The van der Waals surface area contributed by atoms with Crippen molar-refractivity contribution in [2.75, 3.05) is 41.0 Å². The molecule has 0 aromatic heterocycles. The second-order valence-corrected chi connectivity index (χ2v) is 14.5. The molecule has 8 heteroatoms. The van der Waals surface area contributed by atoms with Crippen molar-refractivity contribution >= 4 is 17.9 Å². The molecule has 0 saturated carbocycles. The van der Waals surface area contributed by atoms with Crippen molar-refractivity contribution in [3.63, 3.8) is 0 Å². The van der Waals surface area contributed by atoms with Crippen LogP contribution in [0, 0.1) is 0 Å². The third kappa shape index (κ3) is 35.7. The van der Waals surface area contributed by atoms with E-state index in [2.05, 4.69) is 123 Å². The molecule has 2 unspecified atom stereocenters. The number of carbonyl (C=O) groups excluding carboxylic acids is 3. The van der Waals surface area contributed by atoms with Crippen molar-refractivity contribution in [3.8, 4) is 0 Å². The molecule has 314 valence electrons. The summed E-state index contributed by atoms with van der Waals surface area (Å²) in [4.78, 5) is 36.7. The summed E-state index contributed by atoms with van der Waals surface area (Å²) in [6.07, 6.45) is 51.4. The number of carboxylic acid groups (broad SMARTS) is 1. The number of aliphatic carboxylic acids is 1. The molecule has 0 radical (unpaired) electrons. The number of rotatable bonds is 35. The fourth-order valence-corrected chi connectivity index (χ4v) is 5.21. The number of carboxylic acids is 1. The van der Waals surface area contributed by atoms with Crippen LogP contribution in [-0.4, -0.2) is 75.5 Å². The van der Waals surface area contributed by atoms with Gasteiger partial charge in [0.05, 0.1) is 40.3 Å². The van der Waals surface area contributed by atoms with Crippen LogP contribution < -0.4 is 5.11 Å². The van der Waals surface area contributed by atoms with Crippen LogP contribution >= 0.6 is 0 Å². The summed E-state index contributed by atoms with van der Waals surface area (Å²) in [7, 11) is 5.35. The molecule has 0 aliphatic carbocycles. The molecular formula is C48H75NO7. The van der Waals surface area contributed by atoms with Crippen molar-refractivity contribution in [1.29, 1.82) is 0 Å². The number of hydrogen-bond acceptors (Lipinski definition) is 7. The molecular weight excluding hydrogens is 703 g/mol. The highest BCUT2D eigenvalue weighted by atomic mass is 16.6. The highest BCUT2D eigenvalue weighted by Crippen LogP contribution is 2.10. The molecule has 0 aromatic rings. The number of hydrogen-bond donors (Lipinski definition) is 0.